The molecule has 0 saturated carbocycles. The van der Waals surface area contributed by atoms with Crippen molar-refractivity contribution in [2.24, 2.45) is 0 Å². The number of rotatable bonds is 8. The van der Waals surface area contributed by atoms with E-state index in [4.69, 9.17) is 9.84 Å². The number of carbonyl (C=O) groups excluding carboxylic acids is 3. The van der Waals surface area contributed by atoms with Crippen molar-refractivity contribution in [3.8, 4) is 0 Å². The summed E-state index contributed by atoms with van der Waals surface area (Å²) in [6.07, 6.45) is 0. The van der Waals surface area contributed by atoms with E-state index in [-0.39, 0.29) is 24.3 Å². The van der Waals surface area contributed by atoms with E-state index in [2.05, 4.69) is 15.4 Å². The first kappa shape index (κ1) is 19.9. The largest absolute Gasteiger partial charge is 0.465 e. The normalized spacial score (nSPS) is 10.0. The molecule has 2 rings (SSSR count). The Kier molecular flexibility index (Phi) is 7.33. The Morgan fingerprint density at radius 1 is 1.04 bits per heavy atom. The molecule has 27 heavy (non-hydrogen) atoms. The number of hydrogen-bond acceptors (Lipinski definition) is 7. The second-order valence-corrected chi connectivity index (χ2v) is 5.39. The summed E-state index contributed by atoms with van der Waals surface area (Å²) in [5.74, 6) is -1.75. The lowest BCUT2D eigenvalue weighted by atomic mass is 10.2. The fourth-order valence-corrected chi connectivity index (χ4v) is 2.25. The molecule has 0 aliphatic heterocycles. The molecule has 0 unspecified atom stereocenters. The number of methoxy groups -OCH3 is 1. The van der Waals surface area contributed by atoms with Crippen molar-refractivity contribution in [2.75, 3.05) is 37.5 Å². The minimum atomic E-state index is -0.672. The molecule has 0 aliphatic carbocycles. The van der Waals surface area contributed by atoms with Crippen LogP contribution in [0.15, 0.2) is 48.5 Å². The van der Waals surface area contributed by atoms with Crippen LogP contribution in [0.1, 0.15) is 20.7 Å². The molecule has 0 aliphatic rings. The van der Waals surface area contributed by atoms with Crippen LogP contribution >= 0.6 is 0 Å². The van der Waals surface area contributed by atoms with Gasteiger partial charge in [0.05, 0.1) is 24.8 Å². The van der Waals surface area contributed by atoms with Gasteiger partial charge in [-0.25, -0.2) is 9.59 Å². The van der Waals surface area contributed by atoms with Gasteiger partial charge in [-0.15, -0.1) is 0 Å². The van der Waals surface area contributed by atoms with Crippen molar-refractivity contribution in [3.05, 3.63) is 59.7 Å². The number of hydrogen-bond donors (Lipinski definition) is 3. The monoisotopic (exact) mass is 372 g/mol. The summed E-state index contributed by atoms with van der Waals surface area (Å²) in [7, 11) is 1.26. The van der Waals surface area contributed by atoms with Gasteiger partial charge in [-0.2, -0.15) is 0 Å². The van der Waals surface area contributed by atoms with Gasteiger partial charge in [0.1, 0.15) is 0 Å². The maximum Gasteiger partial charge on any atom is 0.340 e. The highest BCUT2D eigenvalue weighted by atomic mass is 16.5. The second-order valence-electron chi connectivity index (χ2n) is 5.39. The van der Waals surface area contributed by atoms with E-state index in [0.717, 1.165) is 0 Å². The average molecular weight is 372 g/mol. The average Bonchev–Trinajstić information content (AvgIpc) is 2.70. The highest BCUT2D eigenvalue weighted by molar-refractivity contribution is 5.99. The zero-order chi connectivity index (χ0) is 19.6. The molecule has 0 fully saturated rings. The van der Waals surface area contributed by atoms with Crippen molar-refractivity contribution < 1.29 is 29.0 Å². The van der Waals surface area contributed by atoms with E-state index in [0.29, 0.717) is 11.4 Å². The number of anilines is 2. The zero-order valence-electron chi connectivity index (χ0n) is 14.7. The first-order chi connectivity index (χ1) is 13.0. The van der Waals surface area contributed by atoms with Crippen molar-refractivity contribution >= 4 is 29.2 Å². The number of aliphatic hydroxyl groups is 1. The molecule has 1 amide bonds. The van der Waals surface area contributed by atoms with Gasteiger partial charge in [0.25, 0.3) is 5.91 Å². The van der Waals surface area contributed by atoms with Gasteiger partial charge in [-0.3, -0.25) is 4.79 Å². The number of esters is 2. The lowest BCUT2D eigenvalue weighted by Gasteiger charge is -2.11. The van der Waals surface area contributed by atoms with E-state index in [9.17, 15) is 14.4 Å². The predicted molar refractivity (Wildman–Crippen MR) is 98.7 cm³/mol. The zero-order valence-corrected chi connectivity index (χ0v) is 14.7. The third kappa shape index (κ3) is 5.82. The minimum absolute atomic E-state index is 0.0869. The van der Waals surface area contributed by atoms with Gasteiger partial charge in [0, 0.05) is 17.9 Å². The maximum absolute atomic E-state index is 12.2. The second kappa shape index (κ2) is 9.93. The summed E-state index contributed by atoms with van der Waals surface area (Å²) < 4.78 is 9.66. The number of nitrogens with one attached hydrogen (secondary N) is 2. The summed E-state index contributed by atoms with van der Waals surface area (Å²) in [5.41, 5.74) is 1.43. The fourth-order valence-electron chi connectivity index (χ4n) is 2.25. The molecular weight excluding hydrogens is 352 g/mol. The van der Waals surface area contributed by atoms with Gasteiger partial charge >= 0.3 is 11.9 Å². The summed E-state index contributed by atoms with van der Waals surface area (Å²) in [6.45, 7) is -0.298. The topological polar surface area (TPSA) is 114 Å². The first-order valence-electron chi connectivity index (χ1n) is 8.14. The Morgan fingerprint density at radius 2 is 1.81 bits per heavy atom. The molecule has 0 bridgehead atoms. The van der Waals surface area contributed by atoms with Crippen LogP contribution in [-0.2, 0) is 14.3 Å². The first-order valence-corrected chi connectivity index (χ1v) is 8.14. The number of ether oxygens (including phenoxy) is 2. The van der Waals surface area contributed by atoms with Crippen LogP contribution in [-0.4, -0.2) is 49.8 Å². The molecule has 0 spiro atoms. The molecule has 0 atom stereocenters. The predicted octanol–water partition coefficient (Wildman–Crippen LogP) is 1.67. The lowest BCUT2D eigenvalue weighted by Crippen LogP contribution is -2.21. The van der Waals surface area contributed by atoms with Crippen LogP contribution in [0.5, 0.6) is 0 Å². The SMILES string of the molecule is COC(=O)c1cccc(NC(=O)COC(=O)c2ccccc2NCCO)c1. The van der Waals surface area contributed by atoms with Gasteiger partial charge in [-0.1, -0.05) is 18.2 Å². The highest BCUT2D eigenvalue weighted by Gasteiger charge is 2.14. The Labute approximate surface area is 156 Å². The molecule has 8 heteroatoms. The molecular formula is C19H20N2O6. The molecule has 2 aromatic rings. The third-order valence-electron chi connectivity index (χ3n) is 3.48. The fraction of sp³-hybridized carbons (Fsp3) is 0.211. The van der Waals surface area contributed by atoms with Gasteiger partial charge < -0.3 is 25.2 Å². The van der Waals surface area contributed by atoms with E-state index < -0.39 is 24.5 Å². The minimum Gasteiger partial charge on any atom is -0.465 e. The Morgan fingerprint density at radius 3 is 2.56 bits per heavy atom. The molecule has 0 saturated heterocycles. The molecule has 0 heterocycles. The Bertz CT molecular complexity index is 821. The Hall–Kier alpha value is -3.39. The molecule has 0 radical (unpaired) electrons. The van der Waals surface area contributed by atoms with Crippen LogP contribution in [0.25, 0.3) is 0 Å². The third-order valence-corrected chi connectivity index (χ3v) is 3.48. The van der Waals surface area contributed by atoms with Crippen molar-refractivity contribution in [2.45, 2.75) is 0 Å². The number of benzene rings is 2. The molecule has 3 N–H and O–H groups in total. The van der Waals surface area contributed by atoms with Crippen LogP contribution < -0.4 is 10.6 Å². The molecule has 0 aromatic heterocycles. The summed E-state index contributed by atoms with van der Waals surface area (Å²) in [4.78, 5) is 35.7. The summed E-state index contributed by atoms with van der Waals surface area (Å²) in [6, 6.07) is 12.8. The quantitative estimate of drug-likeness (QED) is 0.604. The van der Waals surface area contributed by atoms with Gasteiger partial charge in [0.2, 0.25) is 0 Å². The molecule has 2 aromatic carbocycles. The number of para-hydroxylation sites is 1. The van der Waals surface area contributed by atoms with Crippen LogP contribution in [0.3, 0.4) is 0 Å². The van der Waals surface area contributed by atoms with Crippen molar-refractivity contribution in [1.29, 1.82) is 0 Å². The number of aliphatic hydroxyl groups excluding tert-OH is 1. The molecule has 142 valence electrons. The van der Waals surface area contributed by atoms with Gasteiger partial charge in [-0.05, 0) is 30.3 Å². The highest BCUT2D eigenvalue weighted by Crippen LogP contribution is 2.16. The number of amides is 1. The summed E-state index contributed by atoms with van der Waals surface area (Å²) in [5, 5.41) is 14.3. The van der Waals surface area contributed by atoms with Crippen LogP contribution in [0, 0.1) is 0 Å². The van der Waals surface area contributed by atoms with Gasteiger partial charge in [0.15, 0.2) is 6.61 Å². The van der Waals surface area contributed by atoms with Crippen LogP contribution in [0.2, 0.25) is 0 Å². The maximum atomic E-state index is 12.2. The van der Waals surface area contributed by atoms with Crippen molar-refractivity contribution in [1.82, 2.24) is 0 Å². The van der Waals surface area contributed by atoms with Crippen molar-refractivity contribution in [3.63, 3.8) is 0 Å². The number of carbonyl (C=O) groups is 3. The lowest BCUT2D eigenvalue weighted by molar-refractivity contribution is -0.119. The van der Waals surface area contributed by atoms with E-state index >= 15 is 0 Å². The standard InChI is InChI=1S/C19H20N2O6/c1-26-18(24)13-5-4-6-14(11-13)21-17(23)12-27-19(25)15-7-2-3-8-16(15)20-9-10-22/h2-8,11,20,22H,9-10,12H2,1H3,(H,21,23). The van der Waals surface area contributed by atoms with Crippen LogP contribution in [0.4, 0.5) is 11.4 Å². The van der Waals surface area contributed by atoms with E-state index in [1.54, 1.807) is 42.5 Å². The Balaban J connectivity index is 1.94. The molecule has 8 nitrogen and oxygen atoms in total. The van der Waals surface area contributed by atoms with E-state index in [1.807, 2.05) is 0 Å². The smallest absolute Gasteiger partial charge is 0.340 e. The summed E-state index contributed by atoms with van der Waals surface area (Å²) >= 11 is 0. The van der Waals surface area contributed by atoms with E-state index in [1.165, 1.54) is 13.2 Å².